The van der Waals surface area contributed by atoms with Crippen molar-refractivity contribution in [2.75, 3.05) is 59.6 Å². The number of nitrogens with zero attached hydrogens (tertiary/aromatic N) is 3. The van der Waals surface area contributed by atoms with E-state index in [0.717, 1.165) is 38.8 Å². The number of piperidine rings is 1. The Bertz CT molecular complexity index is 984. The highest BCUT2D eigenvalue weighted by Gasteiger charge is 2.37. The average Bonchev–Trinajstić information content (AvgIpc) is 3.55. The van der Waals surface area contributed by atoms with Crippen LogP contribution in [-0.2, 0) is 19.6 Å². The summed E-state index contributed by atoms with van der Waals surface area (Å²) in [5.41, 5.74) is 1.36. The predicted octanol–water partition coefficient (Wildman–Crippen LogP) is 3.63. The monoisotopic (exact) mass is 557 g/mol. The maximum Gasteiger partial charge on any atom is 0.248 e. The molecule has 0 radical (unpaired) electrons. The van der Waals surface area contributed by atoms with Crippen molar-refractivity contribution >= 4 is 28.3 Å². The normalized spacial score (nSPS) is 21.8. The molecule has 0 bridgehead atoms. The van der Waals surface area contributed by atoms with Crippen molar-refractivity contribution in [3.8, 4) is 5.75 Å². The van der Waals surface area contributed by atoms with Crippen LogP contribution < -0.4 is 4.74 Å². The first kappa shape index (κ1) is 30.2. The molecule has 1 amide bonds. The Labute approximate surface area is 229 Å². The number of halogens is 1. The molecule has 3 aliphatic heterocycles. The molecule has 1 unspecified atom stereocenters. The Morgan fingerprint density at radius 3 is 2.24 bits per heavy atom. The van der Waals surface area contributed by atoms with Crippen molar-refractivity contribution in [2.45, 2.75) is 69.7 Å². The van der Waals surface area contributed by atoms with Gasteiger partial charge in [0.2, 0.25) is 15.9 Å². The van der Waals surface area contributed by atoms with E-state index in [1.54, 1.807) is 37.4 Å². The minimum Gasteiger partial charge on any atom is -0.497 e. The van der Waals surface area contributed by atoms with E-state index in [2.05, 4.69) is 4.90 Å². The summed E-state index contributed by atoms with van der Waals surface area (Å²) in [6.45, 7) is 9.62. The largest absolute Gasteiger partial charge is 0.497 e. The molecule has 0 spiro atoms. The third-order valence-electron chi connectivity index (χ3n) is 8.11. The molecule has 0 saturated carbocycles. The van der Waals surface area contributed by atoms with Gasteiger partial charge in [-0.15, -0.1) is 12.4 Å². The molecule has 3 aliphatic rings. The topological polar surface area (TPSA) is 79.4 Å². The minimum absolute atomic E-state index is 0. The Hall–Kier alpha value is -1.39. The molecule has 3 saturated heterocycles. The Balaban J connectivity index is 0.00000380. The summed E-state index contributed by atoms with van der Waals surface area (Å²) in [6.07, 6.45) is 7.56. The van der Waals surface area contributed by atoms with Crippen LogP contribution in [0.3, 0.4) is 0 Å². The Kier molecular flexibility index (Phi) is 11.1. The van der Waals surface area contributed by atoms with Gasteiger partial charge in [-0.3, -0.25) is 4.79 Å². The highest BCUT2D eigenvalue weighted by molar-refractivity contribution is 7.89. The number of hydrogen-bond donors (Lipinski definition) is 0. The summed E-state index contributed by atoms with van der Waals surface area (Å²) in [5, 5.41) is 0. The van der Waals surface area contributed by atoms with Gasteiger partial charge in [0.05, 0.1) is 18.6 Å². The lowest BCUT2D eigenvalue weighted by Crippen LogP contribution is -2.42. The van der Waals surface area contributed by atoms with Gasteiger partial charge in [-0.25, -0.2) is 8.42 Å². The second-order valence-corrected chi connectivity index (χ2v) is 12.5. The number of likely N-dealkylation sites (tertiary alicyclic amines) is 2. The van der Waals surface area contributed by atoms with Gasteiger partial charge in [-0.05, 0) is 108 Å². The molecule has 10 heteroatoms. The molecule has 3 heterocycles. The number of ether oxygens (including phenoxy) is 2. The zero-order chi connectivity index (χ0) is 25.7. The fourth-order valence-corrected chi connectivity index (χ4v) is 8.16. The van der Waals surface area contributed by atoms with Crippen molar-refractivity contribution in [3.05, 3.63) is 23.3 Å². The number of methoxy groups -OCH3 is 1. The predicted molar refractivity (Wildman–Crippen MR) is 147 cm³/mol. The smallest absolute Gasteiger partial charge is 0.248 e. The van der Waals surface area contributed by atoms with Crippen LogP contribution >= 0.6 is 12.4 Å². The van der Waals surface area contributed by atoms with Gasteiger partial charge in [-0.2, -0.15) is 4.31 Å². The fraction of sp³-hybridized carbons (Fsp3) is 0.741. The number of rotatable bonds is 10. The van der Waals surface area contributed by atoms with Gasteiger partial charge in [0.15, 0.2) is 0 Å². The van der Waals surface area contributed by atoms with Crippen LogP contribution in [0.5, 0.6) is 5.75 Å². The number of amides is 1. The number of hydrogen-bond acceptors (Lipinski definition) is 6. The zero-order valence-electron chi connectivity index (χ0n) is 22.6. The van der Waals surface area contributed by atoms with E-state index in [4.69, 9.17) is 9.47 Å². The average molecular weight is 558 g/mol. The second-order valence-electron chi connectivity index (χ2n) is 10.7. The van der Waals surface area contributed by atoms with Gasteiger partial charge >= 0.3 is 0 Å². The SMILES string of the molecule is COc1cc(C)c(S(=O)(=O)N2CCCC2COCC(=O)N2CCC(CCN3CCCC3)CC2)c(C)c1.Cl. The molecule has 8 nitrogen and oxygen atoms in total. The van der Waals surface area contributed by atoms with Gasteiger partial charge in [0.25, 0.3) is 0 Å². The first-order valence-corrected chi connectivity index (χ1v) is 15.0. The number of aryl methyl sites for hydroxylation is 2. The van der Waals surface area contributed by atoms with E-state index < -0.39 is 10.0 Å². The number of carbonyl (C=O) groups excluding carboxylic acids is 1. The molecular formula is C27H44ClN3O5S. The molecular weight excluding hydrogens is 514 g/mol. The molecule has 3 fully saturated rings. The number of benzene rings is 1. The van der Waals surface area contributed by atoms with Crippen molar-refractivity contribution in [1.29, 1.82) is 0 Å². The lowest BCUT2D eigenvalue weighted by molar-refractivity contribution is -0.137. The maximum atomic E-state index is 13.5. The third kappa shape index (κ3) is 7.38. The van der Waals surface area contributed by atoms with Crippen molar-refractivity contribution in [1.82, 2.24) is 14.1 Å². The van der Waals surface area contributed by atoms with E-state index in [9.17, 15) is 13.2 Å². The number of carbonyl (C=O) groups is 1. The Morgan fingerprint density at radius 2 is 1.62 bits per heavy atom. The highest BCUT2D eigenvalue weighted by Crippen LogP contribution is 2.32. The second kappa shape index (κ2) is 13.6. The van der Waals surface area contributed by atoms with E-state index in [1.165, 1.54) is 38.9 Å². The third-order valence-corrected chi connectivity index (χ3v) is 10.4. The summed E-state index contributed by atoms with van der Waals surface area (Å²) in [4.78, 5) is 17.6. The molecule has 210 valence electrons. The summed E-state index contributed by atoms with van der Waals surface area (Å²) >= 11 is 0. The fourth-order valence-electron chi connectivity index (χ4n) is 6.06. The van der Waals surface area contributed by atoms with Crippen LogP contribution in [0.15, 0.2) is 17.0 Å². The van der Waals surface area contributed by atoms with Crippen LogP contribution in [0.4, 0.5) is 0 Å². The maximum absolute atomic E-state index is 13.5. The first-order valence-electron chi connectivity index (χ1n) is 13.5. The quantitative estimate of drug-likeness (QED) is 0.437. The molecule has 1 aromatic rings. The van der Waals surface area contributed by atoms with E-state index >= 15 is 0 Å². The number of sulfonamides is 1. The van der Waals surface area contributed by atoms with Gasteiger partial charge < -0.3 is 19.3 Å². The van der Waals surface area contributed by atoms with Gasteiger partial charge in [-0.1, -0.05) is 0 Å². The summed E-state index contributed by atoms with van der Waals surface area (Å²) in [7, 11) is -2.09. The molecule has 37 heavy (non-hydrogen) atoms. The summed E-state index contributed by atoms with van der Waals surface area (Å²) < 4.78 is 39.8. The van der Waals surface area contributed by atoms with Crippen LogP contribution in [0, 0.1) is 19.8 Å². The summed E-state index contributed by atoms with van der Waals surface area (Å²) in [5.74, 6) is 1.37. The van der Waals surface area contributed by atoms with Crippen molar-refractivity contribution in [3.63, 3.8) is 0 Å². The van der Waals surface area contributed by atoms with Crippen LogP contribution in [-0.4, -0.2) is 94.1 Å². The molecule has 4 rings (SSSR count). The van der Waals surface area contributed by atoms with Crippen LogP contribution in [0.25, 0.3) is 0 Å². The first-order chi connectivity index (χ1) is 17.3. The molecule has 0 aromatic heterocycles. The zero-order valence-corrected chi connectivity index (χ0v) is 24.2. The van der Waals surface area contributed by atoms with Crippen molar-refractivity contribution < 1.29 is 22.7 Å². The van der Waals surface area contributed by atoms with Gasteiger partial charge in [0, 0.05) is 25.7 Å². The van der Waals surface area contributed by atoms with Crippen LogP contribution in [0.1, 0.15) is 56.1 Å². The molecule has 1 atom stereocenters. The molecule has 1 aromatic carbocycles. The summed E-state index contributed by atoms with van der Waals surface area (Å²) in [6, 6.07) is 3.27. The van der Waals surface area contributed by atoms with E-state index in [0.29, 0.717) is 34.2 Å². The van der Waals surface area contributed by atoms with E-state index in [-0.39, 0.29) is 37.6 Å². The Morgan fingerprint density at radius 1 is 0.973 bits per heavy atom. The standard InChI is InChI=1S/C27H43N3O5S.ClH/c1-21-17-25(34-3)18-22(2)27(21)36(32,33)30-13-6-7-24(30)19-35-20-26(31)29-15-9-23(10-16-29)8-14-28-11-4-5-12-28;/h17-18,23-24H,4-16,19-20H2,1-3H3;1H. The highest BCUT2D eigenvalue weighted by atomic mass is 35.5. The van der Waals surface area contributed by atoms with Gasteiger partial charge in [0.1, 0.15) is 12.4 Å². The molecule has 0 N–H and O–H groups in total. The molecule has 0 aliphatic carbocycles. The van der Waals surface area contributed by atoms with Crippen molar-refractivity contribution in [2.24, 2.45) is 5.92 Å². The van der Waals surface area contributed by atoms with E-state index in [1.807, 2.05) is 4.90 Å². The lowest BCUT2D eigenvalue weighted by Gasteiger charge is -2.33. The minimum atomic E-state index is -3.66. The van der Waals surface area contributed by atoms with Crippen LogP contribution in [0.2, 0.25) is 0 Å². The lowest BCUT2D eigenvalue weighted by atomic mass is 9.93.